The lowest BCUT2D eigenvalue weighted by molar-refractivity contribution is 0.146. The average Bonchev–Trinajstić information content (AvgIpc) is 2.72. The number of hydrogen-bond acceptors (Lipinski definition) is 4. The van der Waals surface area contributed by atoms with Crippen LogP contribution < -0.4 is 5.73 Å². The largest absolute Gasteiger partial charge is 0.336 e. The SMILES string of the molecule is CC1SCCN(C(CN)c2cncn2C)C1C. The van der Waals surface area contributed by atoms with Crippen LogP contribution in [0.2, 0.25) is 0 Å². The second-order valence-corrected chi connectivity index (χ2v) is 6.22. The first-order valence-corrected chi connectivity index (χ1v) is 7.23. The smallest absolute Gasteiger partial charge is 0.0946 e. The van der Waals surface area contributed by atoms with Crippen molar-refractivity contribution in [3.63, 3.8) is 0 Å². The normalized spacial score (nSPS) is 28.2. The van der Waals surface area contributed by atoms with Gasteiger partial charge in [0.25, 0.3) is 0 Å². The standard InChI is InChI=1S/C12H22N4S/c1-9-10(2)17-5-4-16(9)11(6-13)12-7-14-8-15(12)3/h7-11H,4-6,13H2,1-3H3. The molecule has 0 bridgehead atoms. The van der Waals surface area contributed by atoms with Crippen LogP contribution in [0.4, 0.5) is 0 Å². The summed E-state index contributed by atoms with van der Waals surface area (Å²) in [6, 6.07) is 0.859. The third-order valence-electron chi connectivity index (χ3n) is 3.75. The molecule has 2 rings (SSSR count). The lowest BCUT2D eigenvalue weighted by Crippen LogP contribution is -2.48. The molecule has 2 N–H and O–H groups in total. The Morgan fingerprint density at radius 1 is 1.59 bits per heavy atom. The third kappa shape index (κ3) is 2.51. The molecule has 1 aromatic heterocycles. The summed E-state index contributed by atoms with van der Waals surface area (Å²) in [7, 11) is 2.04. The second-order valence-electron chi connectivity index (χ2n) is 4.74. The van der Waals surface area contributed by atoms with Crippen molar-refractivity contribution >= 4 is 11.8 Å². The molecule has 3 unspecified atom stereocenters. The fourth-order valence-corrected chi connectivity index (χ4v) is 3.63. The zero-order chi connectivity index (χ0) is 12.4. The van der Waals surface area contributed by atoms with E-state index < -0.39 is 0 Å². The topological polar surface area (TPSA) is 47.1 Å². The lowest BCUT2D eigenvalue weighted by Gasteiger charge is -2.42. The molecule has 0 saturated carbocycles. The lowest BCUT2D eigenvalue weighted by atomic mass is 10.1. The molecule has 1 aliphatic heterocycles. The monoisotopic (exact) mass is 254 g/mol. The zero-order valence-electron chi connectivity index (χ0n) is 10.8. The van der Waals surface area contributed by atoms with E-state index in [1.54, 1.807) is 0 Å². The van der Waals surface area contributed by atoms with Gasteiger partial charge in [0.2, 0.25) is 0 Å². The third-order valence-corrected chi connectivity index (χ3v) is 5.09. The summed E-state index contributed by atoms with van der Waals surface area (Å²) in [5.41, 5.74) is 7.20. The van der Waals surface area contributed by atoms with Gasteiger partial charge >= 0.3 is 0 Å². The number of nitrogens with zero attached hydrogens (tertiary/aromatic N) is 3. The first-order valence-electron chi connectivity index (χ1n) is 6.18. The fourth-order valence-electron chi connectivity index (χ4n) is 2.51. The highest BCUT2D eigenvalue weighted by atomic mass is 32.2. The molecule has 1 aromatic rings. The second kappa shape index (κ2) is 5.42. The molecular formula is C12H22N4S. The van der Waals surface area contributed by atoms with Gasteiger partial charge in [0, 0.05) is 43.4 Å². The van der Waals surface area contributed by atoms with Crippen LogP contribution in [0.25, 0.3) is 0 Å². The maximum atomic E-state index is 5.98. The molecule has 0 radical (unpaired) electrons. The molecule has 4 nitrogen and oxygen atoms in total. The van der Waals surface area contributed by atoms with Gasteiger partial charge in [0.15, 0.2) is 0 Å². The van der Waals surface area contributed by atoms with Crippen molar-refractivity contribution < 1.29 is 0 Å². The van der Waals surface area contributed by atoms with Crippen molar-refractivity contribution in [1.29, 1.82) is 0 Å². The Kier molecular flexibility index (Phi) is 4.12. The fraction of sp³-hybridized carbons (Fsp3) is 0.750. The molecule has 5 heteroatoms. The summed E-state index contributed by atoms with van der Waals surface area (Å²) in [5, 5.41) is 0.672. The van der Waals surface area contributed by atoms with E-state index in [0.29, 0.717) is 23.9 Å². The van der Waals surface area contributed by atoms with Gasteiger partial charge in [0.05, 0.1) is 18.1 Å². The van der Waals surface area contributed by atoms with E-state index in [1.165, 1.54) is 11.4 Å². The molecule has 0 aliphatic carbocycles. The van der Waals surface area contributed by atoms with Gasteiger partial charge in [-0.3, -0.25) is 4.90 Å². The van der Waals surface area contributed by atoms with Gasteiger partial charge in [-0.05, 0) is 6.92 Å². The van der Waals surface area contributed by atoms with Gasteiger partial charge in [-0.15, -0.1) is 0 Å². The Labute approximate surface area is 108 Å². The minimum absolute atomic E-state index is 0.292. The van der Waals surface area contributed by atoms with Crippen LogP contribution in [0.1, 0.15) is 25.6 Å². The maximum Gasteiger partial charge on any atom is 0.0946 e. The average molecular weight is 254 g/mol. The molecule has 17 heavy (non-hydrogen) atoms. The Bertz CT molecular complexity index is 365. The maximum absolute atomic E-state index is 5.98. The Morgan fingerprint density at radius 2 is 2.35 bits per heavy atom. The molecule has 1 aliphatic rings. The highest BCUT2D eigenvalue weighted by Crippen LogP contribution is 2.31. The molecular weight excluding hydrogens is 232 g/mol. The first kappa shape index (κ1) is 12.9. The quantitative estimate of drug-likeness (QED) is 0.882. The van der Waals surface area contributed by atoms with E-state index in [9.17, 15) is 0 Å². The molecule has 0 aromatic carbocycles. The molecule has 1 fully saturated rings. The van der Waals surface area contributed by atoms with Gasteiger partial charge < -0.3 is 10.3 Å². The number of thioether (sulfide) groups is 1. The van der Waals surface area contributed by atoms with Gasteiger partial charge in [-0.2, -0.15) is 11.8 Å². The van der Waals surface area contributed by atoms with E-state index in [-0.39, 0.29) is 0 Å². The van der Waals surface area contributed by atoms with Crippen LogP contribution in [0.15, 0.2) is 12.5 Å². The predicted octanol–water partition coefficient (Wildman–Crippen LogP) is 1.25. The van der Waals surface area contributed by atoms with Gasteiger partial charge in [0.1, 0.15) is 0 Å². The van der Waals surface area contributed by atoms with Crippen LogP contribution in [-0.2, 0) is 7.05 Å². The van der Waals surface area contributed by atoms with Gasteiger partial charge in [-0.25, -0.2) is 4.98 Å². The van der Waals surface area contributed by atoms with Crippen molar-refractivity contribution in [2.45, 2.75) is 31.2 Å². The number of imidazole rings is 1. The summed E-state index contributed by atoms with van der Waals surface area (Å²) in [4.78, 5) is 6.73. The summed E-state index contributed by atoms with van der Waals surface area (Å²) in [6.45, 7) is 6.37. The number of aromatic nitrogens is 2. The predicted molar refractivity (Wildman–Crippen MR) is 73.1 cm³/mol. The Morgan fingerprint density at radius 3 is 2.94 bits per heavy atom. The summed E-state index contributed by atoms with van der Waals surface area (Å²) in [6.07, 6.45) is 3.79. The van der Waals surface area contributed by atoms with E-state index in [2.05, 4.69) is 40.1 Å². The van der Waals surface area contributed by atoms with E-state index in [4.69, 9.17) is 5.73 Å². The van der Waals surface area contributed by atoms with Crippen molar-refractivity contribution in [2.24, 2.45) is 12.8 Å². The molecule has 3 atom stereocenters. The zero-order valence-corrected chi connectivity index (χ0v) is 11.7. The van der Waals surface area contributed by atoms with E-state index in [1.807, 2.05) is 19.6 Å². The first-order chi connectivity index (χ1) is 8.15. The number of hydrogen-bond donors (Lipinski definition) is 1. The molecule has 2 heterocycles. The van der Waals surface area contributed by atoms with E-state index in [0.717, 1.165) is 6.54 Å². The minimum Gasteiger partial charge on any atom is -0.336 e. The van der Waals surface area contributed by atoms with Crippen LogP contribution in [-0.4, -0.2) is 44.6 Å². The highest BCUT2D eigenvalue weighted by Gasteiger charge is 2.31. The Hall–Kier alpha value is -0.520. The highest BCUT2D eigenvalue weighted by molar-refractivity contribution is 8.00. The van der Waals surface area contributed by atoms with Crippen molar-refractivity contribution in [3.8, 4) is 0 Å². The van der Waals surface area contributed by atoms with Crippen molar-refractivity contribution in [3.05, 3.63) is 18.2 Å². The van der Waals surface area contributed by atoms with Crippen LogP contribution in [0.3, 0.4) is 0 Å². The molecule has 0 spiro atoms. The summed E-state index contributed by atoms with van der Waals surface area (Å²) in [5.74, 6) is 1.19. The van der Waals surface area contributed by atoms with Gasteiger partial charge in [-0.1, -0.05) is 6.92 Å². The Balaban J connectivity index is 2.21. The summed E-state index contributed by atoms with van der Waals surface area (Å²) < 4.78 is 2.08. The van der Waals surface area contributed by atoms with E-state index >= 15 is 0 Å². The van der Waals surface area contributed by atoms with Crippen LogP contribution in [0, 0.1) is 0 Å². The van der Waals surface area contributed by atoms with Crippen molar-refractivity contribution in [1.82, 2.24) is 14.5 Å². The van der Waals surface area contributed by atoms with Crippen molar-refractivity contribution in [2.75, 3.05) is 18.8 Å². The van der Waals surface area contributed by atoms with Crippen LogP contribution >= 0.6 is 11.8 Å². The van der Waals surface area contributed by atoms with Crippen LogP contribution in [0.5, 0.6) is 0 Å². The number of aryl methyl sites for hydroxylation is 1. The minimum atomic E-state index is 0.292. The molecule has 96 valence electrons. The molecule has 1 saturated heterocycles. The number of nitrogens with two attached hydrogens (primary N) is 1. The molecule has 0 amide bonds. The number of rotatable bonds is 3. The summed E-state index contributed by atoms with van der Waals surface area (Å²) >= 11 is 2.05.